The normalized spacial score (nSPS) is 11.7. The van der Waals surface area contributed by atoms with Gasteiger partial charge in [0.1, 0.15) is 0 Å². The summed E-state index contributed by atoms with van der Waals surface area (Å²) >= 11 is 0. The number of ether oxygens (including phenoxy) is 1. The molecule has 0 saturated carbocycles. The molecule has 0 aliphatic carbocycles. The van der Waals surface area contributed by atoms with Crippen molar-refractivity contribution in [2.75, 3.05) is 7.11 Å². The molecule has 0 aliphatic heterocycles. The smallest absolute Gasteiger partial charge is 0.417 e. The van der Waals surface area contributed by atoms with Gasteiger partial charge in [-0.05, 0) is 25.3 Å². The molecule has 1 aromatic heterocycles. The summed E-state index contributed by atoms with van der Waals surface area (Å²) in [6.07, 6.45) is -4.44. The van der Waals surface area contributed by atoms with Crippen LogP contribution in [0.1, 0.15) is 41.0 Å². The molecule has 25 heavy (non-hydrogen) atoms. The SMILES string of the molecule is COC(=O)c1c(C(F)(F)F)cc(-c2ccc(C)cc2)nc1CC(C)C. The van der Waals surface area contributed by atoms with E-state index in [0.29, 0.717) is 5.56 Å². The highest BCUT2D eigenvalue weighted by Crippen LogP contribution is 2.36. The maximum Gasteiger partial charge on any atom is 0.417 e. The lowest BCUT2D eigenvalue weighted by Crippen LogP contribution is -2.19. The number of hydrogen-bond acceptors (Lipinski definition) is 3. The van der Waals surface area contributed by atoms with Gasteiger partial charge in [-0.15, -0.1) is 0 Å². The fourth-order valence-corrected chi connectivity index (χ4v) is 2.56. The number of alkyl halides is 3. The van der Waals surface area contributed by atoms with Crippen LogP contribution in [0, 0.1) is 12.8 Å². The first-order chi connectivity index (χ1) is 11.6. The van der Waals surface area contributed by atoms with E-state index in [1.807, 2.05) is 20.8 Å². The number of esters is 1. The minimum absolute atomic E-state index is 0.0326. The van der Waals surface area contributed by atoms with Gasteiger partial charge in [0.25, 0.3) is 0 Å². The molecule has 6 heteroatoms. The molecule has 1 aromatic carbocycles. The summed E-state index contributed by atoms with van der Waals surface area (Å²) in [5.74, 6) is -0.990. The third-order valence-electron chi connectivity index (χ3n) is 3.74. The van der Waals surface area contributed by atoms with Gasteiger partial charge in [0.2, 0.25) is 0 Å². The lowest BCUT2D eigenvalue weighted by Gasteiger charge is -2.18. The molecule has 0 spiro atoms. The first-order valence-corrected chi connectivity index (χ1v) is 7.90. The highest BCUT2D eigenvalue weighted by atomic mass is 19.4. The zero-order valence-electron chi connectivity index (χ0n) is 14.6. The van der Waals surface area contributed by atoms with Crippen LogP contribution in [0.4, 0.5) is 13.2 Å². The summed E-state index contributed by atoms with van der Waals surface area (Å²) in [4.78, 5) is 16.4. The van der Waals surface area contributed by atoms with Gasteiger partial charge in [-0.25, -0.2) is 4.79 Å². The molecule has 134 valence electrons. The van der Waals surface area contributed by atoms with Gasteiger partial charge >= 0.3 is 12.1 Å². The van der Waals surface area contributed by atoms with Crippen molar-refractivity contribution in [1.29, 1.82) is 0 Å². The number of hydrogen-bond donors (Lipinski definition) is 0. The number of methoxy groups -OCH3 is 1. The quantitative estimate of drug-likeness (QED) is 0.723. The van der Waals surface area contributed by atoms with E-state index < -0.39 is 23.3 Å². The Bertz CT molecular complexity index is 765. The molecule has 0 unspecified atom stereocenters. The van der Waals surface area contributed by atoms with Gasteiger partial charge in [-0.1, -0.05) is 43.7 Å². The van der Waals surface area contributed by atoms with Gasteiger partial charge in [0, 0.05) is 5.56 Å². The minimum atomic E-state index is -4.68. The number of aromatic nitrogens is 1. The molecule has 2 rings (SSSR count). The molecule has 0 N–H and O–H groups in total. The van der Waals surface area contributed by atoms with E-state index in [0.717, 1.165) is 18.7 Å². The van der Waals surface area contributed by atoms with Crippen molar-refractivity contribution in [3.63, 3.8) is 0 Å². The fourth-order valence-electron chi connectivity index (χ4n) is 2.56. The van der Waals surface area contributed by atoms with E-state index >= 15 is 0 Å². The van der Waals surface area contributed by atoms with Gasteiger partial charge in [0.05, 0.1) is 29.6 Å². The number of carbonyl (C=O) groups excluding carboxylic acids is 1. The number of aryl methyl sites for hydroxylation is 1. The lowest BCUT2D eigenvalue weighted by molar-refractivity contribution is -0.138. The molecule has 0 saturated heterocycles. The van der Waals surface area contributed by atoms with Gasteiger partial charge in [-0.2, -0.15) is 13.2 Å². The van der Waals surface area contributed by atoms with Crippen LogP contribution in [0.5, 0.6) is 0 Å². The number of carbonyl (C=O) groups is 1. The summed E-state index contributed by atoms with van der Waals surface area (Å²) in [7, 11) is 1.07. The predicted molar refractivity (Wildman–Crippen MR) is 89.3 cm³/mol. The molecule has 0 amide bonds. The van der Waals surface area contributed by atoms with Gasteiger partial charge < -0.3 is 4.74 Å². The van der Waals surface area contributed by atoms with Crippen LogP contribution in [-0.4, -0.2) is 18.1 Å². The van der Waals surface area contributed by atoms with E-state index in [-0.39, 0.29) is 23.7 Å². The van der Waals surface area contributed by atoms with Gasteiger partial charge in [-0.3, -0.25) is 4.98 Å². The zero-order chi connectivity index (χ0) is 18.8. The van der Waals surface area contributed by atoms with Crippen molar-refractivity contribution >= 4 is 5.97 Å². The molecule has 0 atom stereocenters. The maximum atomic E-state index is 13.6. The highest BCUT2D eigenvalue weighted by Gasteiger charge is 2.38. The summed E-state index contributed by atoms with van der Waals surface area (Å²) in [5.41, 5.74) is 0.342. The Balaban J connectivity index is 2.75. The summed E-state index contributed by atoms with van der Waals surface area (Å²) in [6, 6.07) is 7.96. The Morgan fingerprint density at radius 1 is 1.20 bits per heavy atom. The van der Waals surface area contributed by atoms with Crippen LogP contribution in [0.3, 0.4) is 0 Å². The Hall–Kier alpha value is -2.37. The van der Waals surface area contributed by atoms with E-state index in [9.17, 15) is 18.0 Å². The molecule has 0 fully saturated rings. The number of pyridine rings is 1. The van der Waals surface area contributed by atoms with Crippen molar-refractivity contribution in [3.05, 3.63) is 52.7 Å². The third-order valence-corrected chi connectivity index (χ3v) is 3.74. The average molecular weight is 351 g/mol. The lowest BCUT2D eigenvalue weighted by atomic mass is 9.96. The van der Waals surface area contributed by atoms with Crippen molar-refractivity contribution in [2.45, 2.75) is 33.4 Å². The van der Waals surface area contributed by atoms with E-state index in [4.69, 9.17) is 0 Å². The van der Waals surface area contributed by atoms with Crippen LogP contribution >= 0.6 is 0 Å². The molecule has 1 heterocycles. The van der Waals surface area contributed by atoms with Crippen LogP contribution in [0.15, 0.2) is 30.3 Å². The molecule has 0 bridgehead atoms. The zero-order valence-corrected chi connectivity index (χ0v) is 14.6. The third kappa shape index (κ3) is 4.38. The molecule has 0 radical (unpaired) electrons. The van der Waals surface area contributed by atoms with Crippen molar-refractivity contribution in [3.8, 4) is 11.3 Å². The minimum Gasteiger partial charge on any atom is -0.465 e. The molecule has 3 nitrogen and oxygen atoms in total. The number of rotatable bonds is 4. The van der Waals surface area contributed by atoms with Crippen LogP contribution in [0.2, 0.25) is 0 Å². The second-order valence-corrected chi connectivity index (χ2v) is 6.33. The molecular weight excluding hydrogens is 331 g/mol. The second-order valence-electron chi connectivity index (χ2n) is 6.33. The Morgan fingerprint density at radius 2 is 1.80 bits per heavy atom. The van der Waals surface area contributed by atoms with Crippen LogP contribution in [0.25, 0.3) is 11.3 Å². The van der Waals surface area contributed by atoms with E-state index in [1.54, 1.807) is 24.3 Å². The summed E-state index contributed by atoms with van der Waals surface area (Å²) in [6.45, 7) is 5.60. The van der Waals surface area contributed by atoms with Crippen molar-refractivity contribution in [2.24, 2.45) is 5.92 Å². The first kappa shape index (κ1) is 19.0. The Labute approximate surface area is 144 Å². The molecular formula is C19H20F3NO2. The van der Waals surface area contributed by atoms with Crippen molar-refractivity contribution in [1.82, 2.24) is 4.98 Å². The number of benzene rings is 1. The monoisotopic (exact) mass is 351 g/mol. The molecule has 0 aliphatic rings. The fraction of sp³-hybridized carbons (Fsp3) is 0.368. The Morgan fingerprint density at radius 3 is 2.28 bits per heavy atom. The average Bonchev–Trinajstić information content (AvgIpc) is 2.52. The summed E-state index contributed by atoms with van der Waals surface area (Å²) < 4.78 is 45.3. The second kappa shape index (κ2) is 7.25. The largest absolute Gasteiger partial charge is 0.465 e. The van der Waals surface area contributed by atoms with Crippen molar-refractivity contribution < 1.29 is 22.7 Å². The highest BCUT2D eigenvalue weighted by molar-refractivity contribution is 5.93. The molecule has 2 aromatic rings. The summed E-state index contributed by atoms with van der Waals surface area (Å²) in [5, 5.41) is 0. The Kier molecular flexibility index (Phi) is 5.50. The standard InChI is InChI=1S/C19H20F3NO2/c1-11(2)9-16-17(18(24)25-4)14(19(20,21)22)10-15(23-16)13-7-5-12(3)6-8-13/h5-8,10-11H,9H2,1-4H3. The number of halogens is 3. The topological polar surface area (TPSA) is 39.2 Å². The maximum absolute atomic E-state index is 13.6. The first-order valence-electron chi connectivity index (χ1n) is 7.90. The van der Waals surface area contributed by atoms with Crippen LogP contribution in [-0.2, 0) is 17.3 Å². The predicted octanol–water partition coefficient (Wildman–Crippen LogP) is 5.06. The van der Waals surface area contributed by atoms with Gasteiger partial charge in [0.15, 0.2) is 0 Å². The van der Waals surface area contributed by atoms with Crippen LogP contribution < -0.4 is 0 Å². The van der Waals surface area contributed by atoms with E-state index in [2.05, 4.69) is 9.72 Å². The van der Waals surface area contributed by atoms with E-state index in [1.165, 1.54) is 0 Å². The number of nitrogens with zero attached hydrogens (tertiary/aromatic N) is 1.